The molecule has 0 aromatic carbocycles. The van der Waals surface area contributed by atoms with Gasteiger partial charge < -0.3 is 15.3 Å². The molecule has 3 heteroatoms. The second kappa shape index (κ2) is 3.41. The molecule has 2 rings (SSSR count). The molecule has 0 radical (unpaired) electrons. The largest absolute Gasteiger partial charge is 0.464 e. The van der Waals surface area contributed by atoms with Gasteiger partial charge in [-0.3, -0.25) is 0 Å². The summed E-state index contributed by atoms with van der Waals surface area (Å²) in [5.41, 5.74) is 5.90. The van der Waals surface area contributed by atoms with Crippen molar-refractivity contribution in [3.8, 4) is 0 Å². The summed E-state index contributed by atoms with van der Waals surface area (Å²) < 4.78 is 5.55. The van der Waals surface area contributed by atoms with Crippen molar-refractivity contribution in [3.63, 3.8) is 0 Å². The van der Waals surface area contributed by atoms with E-state index in [4.69, 9.17) is 10.2 Å². The number of furan rings is 1. The zero-order valence-corrected chi connectivity index (χ0v) is 8.49. The number of aliphatic hydroxyl groups excluding tert-OH is 1. The molecular weight excluding hydrogens is 178 g/mol. The fourth-order valence-electron chi connectivity index (χ4n) is 2.07. The van der Waals surface area contributed by atoms with Gasteiger partial charge in [-0.2, -0.15) is 0 Å². The highest BCUT2D eigenvalue weighted by atomic mass is 16.3. The fraction of sp³-hybridized carbons (Fsp3) is 0.636. The third-order valence-electron chi connectivity index (χ3n) is 3.08. The van der Waals surface area contributed by atoms with Gasteiger partial charge in [-0.1, -0.05) is 0 Å². The second-order valence-electron chi connectivity index (χ2n) is 4.30. The van der Waals surface area contributed by atoms with Gasteiger partial charge in [0, 0.05) is 0 Å². The first-order chi connectivity index (χ1) is 6.60. The van der Waals surface area contributed by atoms with Crippen molar-refractivity contribution in [2.24, 2.45) is 5.73 Å². The van der Waals surface area contributed by atoms with Crippen molar-refractivity contribution in [1.29, 1.82) is 0 Å². The minimum absolute atomic E-state index is 0.178. The van der Waals surface area contributed by atoms with Crippen LogP contribution in [0.5, 0.6) is 0 Å². The number of hydrogen-bond donors (Lipinski definition) is 2. The van der Waals surface area contributed by atoms with E-state index in [1.165, 1.54) is 0 Å². The molecule has 0 saturated heterocycles. The maximum absolute atomic E-state index is 9.41. The van der Waals surface area contributed by atoms with Crippen LogP contribution in [-0.4, -0.2) is 11.2 Å². The maximum atomic E-state index is 9.41. The van der Waals surface area contributed by atoms with E-state index in [1.807, 2.05) is 19.1 Å². The van der Waals surface area contributed by atoms with Crippen molar-refractivity contribution >= 4 is 0 Å². The lowest BCUT2D eigenvalue weighted by molar-refractivity contribution is 0.0891. The Bertz CT molecular complexity index is 311. The summed E-state index contributed by atoms with van der Waals surface area (Å²) in [7, 11) is 0. The highest BCUT2D eigenvalue weighted by Gasteiger charge is 2.35. The van der Waals surface area contributed by atoms with E-state index in [-0.39, 0.29) is 11.6 Å². The molecule has 1 aromatic rings. The highest BCUT2D eigenvalue weighted by Crippen LogP contribution is 2.35. The lowest BCUT2D eigenvalue weighted by Crippen LogP contribution is -2.41. The summed E-state index contributed by atoms with van der Waals surface area (Å²) in [5, 5.41) is 9.41. The van der Waals surface area contributed by atoms with Crippen molar-refractivity contribution in [1.82, 2.24) is 0 Å². The van der Waals surface area contributed by atoms with E-state index in [2.05, 4.69) is 0 Å². The van der Waals surface area contributed by atoms with E-state index >= 15 is 0 Å². The van der Waals surface area contributed by atoms with Gasteiger partial charge >= 0.3 is 0 Å². The number of rotatable bonds is 1. The van der Waals surface area contributed by atoms with Crippen molar-refractivity contribution in [2.45, 2.75) is 44.2 Å². The molecule has 1 saturated carbocycles. The molecule has 1 heterocycles. The maximum Gasteiger partial charge on any atom is 0.123 e. The van der Waals surface area contributed by atoms with Gasteiger partial charge in [0.15, 0.2) is 0 Å². The van der Waals surface area contributed by atoms with E-state index < -0.39 is 0 Å². The summed E-state index contributed by atoms with van der Waals surface area (Å²) in [6.45, 7) is 1.92. The Morgan fingerprint density at radius 1 is 1.43 bits per heavy atom. The average molecular weight is 195 g/mol. The molecule has 0 unspecified atom stereocenters. The molecule has 0 spiro atoms. The summed E-state index contributed by atoms with van der Waals surface area (Å²) in [6, 6.07) is 3.89. The molecule has 1 fully saturated rings. The van der Waals surface area contributed by atoms with Crippen LogP contribution in [0, 0.1) is 6.92 Å². The van der Waals surface area contributed by atoms with E-state index in [9.17, 15) is 5.11 Å². The molecule has 3 nitrogen and oxygen atoms in total. The Balaban J connectivity index is 2.16. The number of aryl methyl sites for hydroxylation is 1. The zero-order chi connectivity index (χ0) is 10.2. The monoisotopic (exact) mass is 195 g/mol. The van der Waals surface area contributed by atoms with Gasteiger partial charge in [0.2, 0.25) is 0 Å². The van der Waals surface area contributed by atoms with Gasteiger partial charge in [-0.15, -0.1) is 0 Å². The van der Waals surface area contributed by atoms with E-state index in [1.54, 1.807) is 0 Å². The molecule has 1 aliphatic rings. The molecule has 3 N–H and O–H groups in total. The van der Waals surface area contributed by atoms with Gasteiger partial charge in [0.1, 0.15) is 11.5 Å². The topological polar surface area (TPSA) is 59.4 Å². The van der Waals surface area contributed by atoms with Crippen LogP contribution in [0.4, 0.5) is 0 Å². The minimum atomic E-state index is -0.354. The number of hydrogen-bond acceptors (Lipinski definition) is 3. The predicted molar refractivity (Wildman–Crippen MR) is 53.8 cm³/mol. The Morgan fingerprint density at radius 2 is 2.07 bits per heavy atom. The van der Waals surface area contributed by atoms with Gasteiger partial charge in [0.25, 0.3) is 0 Å². The summed E-state index contributed by atoms with van der Waals surface area (Å²) >= 11 is 0. The third-order valence-corrected chi connectivity index (χ3v) is 3.08. The SMILES string of the molecule is Cc1ccc(C2(N)CCC(O)CC2)o1. The zero-order valence-electron chi connectivity index (χ0n) is 8.49. The van der Waals surface area contributed by atoms with Crippen molar-refractivity contribution in [2.75, 3.05) is 0 Å². The van der Waals surface area contributed by atoms with Crippen LogP contribution in [0.2, 0.25) is 0 Å². The van der Waals surface area contributed by atoms with Crippen molar-refractivity contribution < 1.29 is 9.52 Å². The lowest BCUT2D eigenvalue weighted by Gasteiger charge is -2.33. The van der Waals surface area contributed by atoms with Gasteiger partial charge in [0.05, 0.1) is 11.6 Å². The number of aliphatic hydroxyl groups is 1. The molecule has 0 aliphatic heterocycles. The molecule has 14 heavy (non-hydrogen) atoms. The lowest BCUT2D eigenvalue weighted by atomic mass is 9.79. The Kier molecular flexibility index (Phi) is 2.37. The quantitative estimate of drug-likeness (QED) is 0.716. The fourth-order valence-corrected chi connectivity index (χ4v) is 2.07. The molecule has 1 aromatic heterocycles. The molecule has 0 amide bonds. The predicted octanol–water partition coefficient (Wildman–Crippen LogP) is 1.68. The van der Waals surface area contributed by atoms with Crippen LogP contribution in [0.15, 0.2) is 16.5 Å². The molecular formula is C11H17NO2. The first-order valence-corrected chi connectivity index (χ1v) is 5.14. The van der Waals surface area contributed by atoms with Crippen molar-refractivity contribution in [3.05, 3.63) is 23.7 Å². The highest BCUT2D eigenvalue weighted by molar-refractivity contribution is 5.16. The van der Waals surface area contributed by atoms with E-state index in [0.29, 0.717) is 0 Å². The summed E-state index contributed by atoms with van der Waals surface area (Å²) in [4.78, 5) is 0. The van der Waals surface area contributed by atoms with Crippen LogP contribution in [0.1, 0.15) is 37.2 Å². The normalized spacial score (nSPS) is 33.2. The summed E-state index contributed by atoms with van der Waals surface area (Å²) in [6.07, 6.45) is 2.98. The van der Waals surface area contributed by atoms with E-state index in [0.717, 1.165) is 37.2 Å². The van der Waals surface area contributed by atoms with Gasteiger partial charge in [-0.05, 0) is 44.7 Å². The molecule has 1 aliphatic carbocycles. The average Bonchev–Trinajstić information content (AvgIpc) is 2.58. The smallest absolute Gasteiger partial charge is 0.123 e. The van der Waals surface area contributed by atoms with Gasteiger partial charge in [-0.25, -0.2) is 0 Å². The van der Waals surface area contributed by atoms with Crippen LogP contribution >= 0.6 is 0 Å². The molecule has 78 valence electrons. The standard InChI is InChI=1S/C11H17NO2/c1-8-2-3-10(14-8)11(12)6-4-9(13)5-7-11/h2-3,9,13H,4-7,12H2,1H3. The first-order valence-electron chi connectivity index (χ1n) is 5.14. The number of nitrogens with two attached hydrogens (primary N) is 1. The van der Waals surface area contributed by atoms with Crippen LogP contribution in [0.3, 0.4) is 0 Å². The Labute approximate surface area is 83.9 Å². The van der Waals surface area contributed by atoms with Crippen LogP contribution in [0.25, 0.3) is 0 Å². The van der Waals surface area contributed by atoms with Crippen LogP contribution < -0.4 is 5.73 Å². The van der Waals surface area contributed by atoms with Crippen LogP contribution in [-0.2, 0) is 5.54 Å². The minimum Gasteiger partial charge on any atom is -0.464 e. The first kappa shape index (κ1) is 9.74. The third kappa shape index (κ3) is 1.70. The summed E-state index contributed by atoms with van der Waals surface area (Å²) in [5.74, 6) is 1.76. The molecule has 0 bridgehead atoms. The Hall–Kier alpha value is -0.800. The Morgan fingerprint density at radius 3 is 2.57 bits per heavy atom. The molecule has 0 atom stereocenters. The second-order valence-corrected chi connectivity index (χ2v) is 4.30.